The number of aliphatic carboxylic acids is 1. The lowest BCUT2D eigenvalue weighted by Gasteiger charge is -2.03. The normalized spacial score (nSPS) is 14.6. The third-order valence-electron chi connectivity index (χ3n) is 4.17. The number of hydrogen-bond donors (Lipinski definition) is 2. The fourth-order valence-electron chi connectivity index (χ4n) is 2.11. The summed E-state index contributed by atoms with van der Waals surface area (Å²) in [6.07, 6.45) is 5.98. The van der Waals surface area contributed by atoms with Gasteiger partial charge < -0.3 is 24.4 Å². The van der Waals surface area contributed by atoms with Crippen LogP contribution in [-0.4, -0.2) is 60.7 Å². The molecule has 0 aromatic heterocycles. The van der Waals surface area contributed by atoms with Crippen LogP contribution in [0.25, 0.3) is 6.08 Å². The second kappa shape index (κ2) is 15.3. The van der Waals surface area contributed by atoms with Gasteiger partial charge in [0.1, 0.15) is 19.3 Å². The molecule has 0 radical (unpaired) electrons. The SMILES string of the molecule is C=C(CC=C(C)C(=O)O)C(=O)OCCO.C=C(CC=Cc1ccccc1)C(=O)OCC1CO1. The standard InChI is InChI=1S/C15H16O3.C10H14O5/c1-12(15(16)18-11-14-10-17-14)6-5-9-13-7-3-2-4-8-13;1-7(9(12)13)3-4-8(2)10(14)15-6-5-11/h2-5,7-9,14H,1,6,10-11H2;3,11H,2,4-6H2,1H3,(H,12,13). The Morgan fingerprint density at radius 3 is 2.27 bits per heavy atom. The number of esters is 2. The van der Waals surface area contributed by atoms with E-state index >= 15 is 0 Å². The molecule has 2 rings (SSSR count). The Morgan fingerprint density at radius 2 is 1.70 bits per heavy atom. The number of hydrogen-bond acceptors (Lipinski definition) is 7. The summed E-state index contributed by atoms with van der Waals surface area (Å²) in [7, 11) is 0. The Hall–Kier alpha value is -3.49. The zero-order valence-corrected chi connectivity index (χ0v) is 18.7. The Bertz CT molecular complexity index is 879. The molecule has 178 valence electrons. The highest BCUT2D eigenvalue weighted by molar-refractivity contribution is 5.89. The second-order valence-corrected chi connectivity index (χ2v) is 7.03. The van der Waals surface area contributed by atoms with Crippen LogP contribution in [0.5, 0.6) is 0 Å². The molecular weight excluding hydrogens is 428 g/mol. The average Bonchev–Trinajstić information content (AvgIpc) is 3.64. The number of carboxylic acid groups (broad SMARTS) is 1. The predicted molar refractivity (Wildman–Crippen MR) is 123 cm³/mol. The van der Waals surface area contributed by atoms with Crippen molar-refractivity contribution >= 4 is 24.0 Å². The van der Waals surface area contributed by atoms with Gasteiger partial charge in [-0.15, -0.1) is 0 Å². The van der Waals surface area contributed by atoms with Crippen molar-refractivity contribution in [2.45, 2.75) is 25.9 Å². The molecule has 1 atom stereocenters. The first-order valence-electron chi connectivity index (χ1n) is 10.3. The lowest BCUT2D eigenvalue weighted by atomic mass is 10.1. The van der Waals surface area contributed by atoms with E-state index in [-0.39, 0.29) is 42.9 Å². The van der Waals surface area contributed by atoms with Crippen molar-refractivity contribution in [2.75, 3.05) is 26.4 Å². The summed E-state index contributed by atoms with van der Waals surface area (Å²) >= 11 is 0. The zero-order chi connectivity index (χ0) is 24.6. The number of aliphatic hydroxyl groups excluding tert-OH is 1. The number of epoxide rings is 1. The molecule has 1 aromatic carbocycles. The maximum absolute atomic E-state index is 11.5. The Balaban J connectivity index is 0.000000337. The summed E-state index contributed by atoms with van der Waals surface area (Å²) in [5.74, 6) is -2.01. The highest BCUT2D eigenvalue weighted by Gasteiger charge is 2.24. The van der Waals surface area contributed by atoms with Gasteiger partial charge in [-0.05, 0) is 25.3 Å². The van der Waals surface area contributed by atoms with Gasteiger partial charge in [-0.3, -0.25) is 0 Å². The number of aliphatic hydroxyl groups is 1. The fraction of sp³-hybridized carbons (Fsp3) is 0.320. The van der Waals surface area contributed by atoms with Gasteiger partial charge >= 0.3 is 17.9 Å². The zero-order valence-electron chi connectivity index (χ0n) is 18.7. The summed E-state index contributed by atoms with van der Waals surface area (Å²) in [5.41, 5.74) is 1.86. The van der Waals surface area contributed by atoms with Crippen LogP contribution in [-0.2, 0) is 28.6 Å². The molecule has 33 heavy (non-hydrogen) atoms. The quantitative estimate of drug-likeness (QED) is 0.278. The van der Waals surface area contributed by atoms with Crippen molar-refractivity contribution in [3.05, 3.63) is 77.9 Å². The number of rotatable bonds is 12. The topological polar surface area (TPSA) is 123 Å². The lowest BCUT2D eigenvalue weighted by molar-refractivity contribution is -0.140. The maximum Gasteiger partial charge on any atom is 0.333 e. The molecule has 1 saturated heterocycles. The van der Waals surface area contributed by atoms with E-state index in [4.69, 9.17) is 19.7 Å². The second-order valence-electron chi connectivity index (χ2n) is 7.03. The molecule has 8 nitrogen and oxygen atoms in total. The van der Waals surface area contributed by atoms with Crippen molar-refractivity contribution in [2.24, 2.45) is 0 Å². The van der Waals surface area contributed by atoms with E-state index in [0.717, 1.165) is 5.56 Å². The number of carbonyl (C=O) groups is 3. The van der Waals surface area contributed by atoms with E-state index in [0.29, 0.717) is 25.2 Å². The van der Waals surface area contributed by atoms with E-state index < -0.39 is 11.9 Å². The van der Waals surface area contributed by atoms with Gasteiger partial charge in [0.05, 0.1) is 13.2 Å². The molecule has 1 aliphatic rings. The minimum absolute atomic E-state index is 0.0838. The van der Waals surface area contributed by atoms with Crippen molar-refractivity contribution in [3.63, 3.8) is 0 Å². The molecule has 8 heteroatoms. The Morgan fingerprint density at radius 1 is 1.09 bits per heavy atom. The number of carboxylic acids is 1. The van der Waals surface area contributed by atoms with E-state index in [9.17, 15) is 14.4 Å². The highest BCUT2D eigenvalue weighted by atomic mass is 16.6. The van der Waals surface area contributed by atoms with Crippen LogP contribution in [0.3, 0.4) is 0 Å². The van der Waals surface area contributed by atoms with Crippen molar-refractivity contribution in [1.29, 1.82) is 0 Å². The molecule has 1 heterocycles. The monoisotopic (exact) mass is 458 g/mol. The van der Waals surface area contributed by atoms with Gasteiger partial charge in [0, 0.05) is 16.7 Å². The maximum atomic E-state index is 11.5. The van der Waals surface area contributed by atoms with Crippen LogP contribution in [0.1, 0.15) is 25.3 Å². The van der Waals surface area contributed by atoms with Crippen LogP contribution >= 0.6 is 0 Å². The van der Waals surface area contributed by atoms with Crippen molar-refractivity contribution < 1.29 is 38.8 Å². The average molecular weight is 459 g/mol. The minimum atomic E-state index is -1.04. The molecule has 1 aliphatic heterocycles. The lowest BCUT2D eigenvalue weighted by Crippen LogP contribution is -2.11. The van der Waals surface area contributed by atoms with Crippen molar-refractivity contribution in [3.8, 4) is 0 Å². The fourth-order valence-corrected chi connectivity index (χ4v) is 2.11. The first kappa shape index (κ1) is 27.5. The summed E-state index contributed by atoms with van der Waals surface area (Å²) < 4.78 is 14.6. The van der Waals surface area contributed by atoms with E-state index in [1.807, 2.05) is 42.5 Å². The van der Waals surface area contributed by atoms with Gasteiger partial charge in [-0.2, -0.15) is 0 Å². The molecule has 1 fully saturated rings. The molecule has 0 saturated carbocycles. The van der Waals surface area contributed by atoms with Gasteiger partial charge in [0.2, 0.25) is 0 Å². The van der Waals surface area contributed by atoms with Gasteiger partial charge in [0.15, 0.2) is 0 Å². The number of ether oxygens (including phenoxy) is 3. The third-order valence-corrected chi connectivity index (χ3v) is 4.17. The summed E-state index contributed by atoms with van der Waals surface area (Å²) in [4.78, 5) is 33.0. The molecule has 0 amide bonds. The van der Waals surface area contributed by atoms with Gasteiger partial charge in [-0.25, -0.2) is 14.4 Å². The van der Waals surface area contributed by atoms with E-state index in [1.165, 1.54) is 13.0 Å². The van der Waals surface area contributed by atoms with Crippen LogP contribution < -0.4 is 0 Å². The predicted octanol–water partition coefficient (Wildman–Crippen LogP) is 3.09. The number of allylic oxidation sites excluding steroid dienone is 2. The van der Waals surface area contributed by atoms with Crippen LogP contribution in [0.2, 0.25) is 0 Å². The first-order valence-corrected chi connectivity index (χ1v) is 10.3. The molecule has 0 aliphatic carbocycles. The summed E-state index contributed by atoms with van der Waals surface area (Å²) in [6.45, 7) is 9.28. The van der Waals surface area contributed by atoms with Gasteiger partial charge in [0.25, 0.3) is 0 Å². The minimum Gasteiger partial charge on any atom is -0.478 e. The van der Waals surface area contributed by atoms with E-state index in [1.54, 1.807) is 0 Å². The highest BCUT2D eigenvalue weighted by Crippen LogP contribution is 2.11. The van der Waals surface area contributed by atoms with E-state index in [2.05, 4.69) is 17.9 Å². The number of carbonyl (C=O) groups excluding carboxylic acids is 2. The molecular formula is C25H30O8. The van der Waals surface area contributed by atoms with Crippen LogP contribution in [0.15, 0.2) is 72.4 Å². The summed E-state index contributed by atoms with van der Waals surface area (Å²) in [5, 5.41) is 16.9. The molecule has 0 bridgehead atoms. The van der Waals surface area contributed by atoms with Crippen molar-refractivity contribution in [1.82, 2.24) is 0 Å². The summed E-state index contributed by atoms with van der Waals surface area (Å²) in [6, 6.07) is 9.91. The number of benzene rings is 1. The molecule has 1 unspecified atom stereocenters. The molecule has 1 aromatic rings. The largest absolute Gasteiger partial charge is 0.478 e. The van der Waals surface area contributed by atoms with Crippen LogP contribution in [0, 0.1) is 0 Å². The Labute approximate surface area is 193 Å². The van der Waals surface area contributed by atoms with Crippen LogP contribution in [0.4, 0.5) is 0 Å². The molecule has 2 N–H and O–H groups in total. The smallest absolute Gasteiger partial charge is 0.333 e. The third kappa shape index (κ3) is 12.8. The molecule has 0 spiro atoms. The van der Waals surface area contributed by atoms with Gasteiger partial charge in [-0.1, -0.05) is 61.7 Å². The first-order chi connectivity index (χ1) is 15.7. The Kier molecular flexibility index (Phi) is 12.8.